The number of benzene rings is 3. The van der Waals surface area contributed by atoms with Crippen molar-refractivity contribution in [1.82, 2.24) is 14.8 Å². The maximum Gasteiger partial charge on any atom is 0.234 e. The second-order valence-electron chi connectivity index (χ2n) is 7.74. The minimum Gasteiger partial charge on any atom is -0.483 e. The summed E-state index contributed by atoms with van der Waals surface area (Å²) in [7, 11) is 0. The largest absolute Gasteiger partial charge is 0.483 e. The fourth-order valence-electron chi connectivity index (χ4n) is 3.66. The standard InChI is InChI=1S/C26H28N4O2S/c1-4-19-10-14-23(15-11-19)32-18(3)25-28-29-26(30(25)5-2)33-17-24(31)27-22-13-12-20-8-6-7-9-21(20)16-22/h6-16,18H,4-5,17H2,1-3H3,(H,27,31)/t18-/m0/s1. The maximum atomic E-state index is 12.5. The van der Waals surface area contributed by atoms with Crippen LogP contribution in [-0.2, 0) is 17.8 Å². The number of aryl methyl sites for hydroxylation is 1. The van der Waals surface area contributed by atoms with E-state index in [1.165, 1.54) is 17.3 Å². The first-order valence-corrected chi connectivity index (χ1v) is 12.2. The first-order chi connectivity index (χ1) is 16.1. The molecule has 6 nitrogen and oxygen atoms in total. The van der Waals surface area contributed by atoms with Crippen LogP contribution >= 0.6 is 11.8 Å². The van der Waals surface area contributed by atoms with E-state index in [0.717, 1.165) is 34.5 Å². The van der Waals surface area contributed by atoms with E-state index >= 15 is 0 Å². The molecule has 1 amide bonds. The molecular weight excluding hydrogens is 432 g/mol. The van der Waals surface area contributed by atoms with Crippen LogP contribution in [-0.4, -0.2) is 26.4 Å². The zero-order valence-electron chi connectivity index (χ0n) is 19.1. The van der Waals surface area contributed by atoms with Gasteiger partial charge in [0, 0.05) is 12.2 Å². The summed E-state index contributed by atoms with van der Waals surface area (Å²) >= 11 is 1.37. The molecule has 0 fully saturated rings. The molecule has 0 aliphatic carbocycles. The number of thioether (sulfide) groups is 1. The number of hydrogen-bond acceptors (Lipinski definition) is 5. The summed E-state index contributed by atoms with van der Waals surface area (Å²) in [5.41, 5.74) is 2.06. The predicted molar refractivity (Wildman–Crippen MR) is 134 cm³/mol. The molecule has 1 heterocycles. The monoisotopic (exact) mass is 460 g/mol. The van der Waals surface area contributed by atoms with Gasteiger partial charge in [0.05, 0.1) is 5.75 Å². The van der Waals surface area contributed by atoms with Gasteiger partial charge >= 0.3 is 0 Å². The molecule has 1 N–H and O–H groups in total. The number of carbonyl (C=O) groups excluding carboxylic acids is 1. The van der Waals surface area contributed by atoms with Crippen molar-refractivity contribution < 1.29 is 9.53 Å². The minimum absolute atomic E-state index is 0.0807. The summed E-state index contributed by atoms with van der Waals surface area (Å²) < 4.78 is 8.08. The summed E-state index contributed by atoms with van der Waals surface area (Å²) in [5, 5.41) is 14.6. The van der Waals surface area contributed by atoms with Crippen molar-refractivity contribution in [2.75, 3.05) is 11.1 Å². The van der Waals surface area contributed by atoms with Crippen molar-refractivity contribution in [1.29, 1.82) is 0 Å². The second kappa shape index (κ2) is 10.5. The highest BCUT2D eigenvalue weighted by Crippen LogP contribution is 2.25. The van der Waals surface area contributed by atoms with E-state index in [0.29, 0.717) is 11.7 Å². The number of amides is 1. The van der Waals surface area contributed by atoms with E-state index in [-0.39, 0.29) is 17.8 Å². The van der Waals surface area contributed by atoms with Gasteiger partial charge < -0.3 is 14.6 Å². The third-order valence-electron chi connectivity index (χ3n) is 5.44. The fourth-order valence-corrected chi connectivity index (χ4v) is 4.47. The summed E-state index contributed by atoms with van der Waals surface area (Å²) in [6.45, 7) is 6.82. The quantitative estimate of drug-likeness (QED) is 0.316. The SMILES string of the molecule is CCc1ccc(O[C@@H](C)c2nnc(SCC(=O)Nc3ccc4ccccc4c3)n2CC)cc1. The lowest BCUT2D eigenvalue weighted by molar-refractivity contribution is -0.113. The van der Waals surface area contributed by atoms with Gasteiger partial charge in [0.1, 0.15) is 5.75 Å². The van der Waals surface area contributed by atoms with E-state index in [4.69, 9.17) is 4.74 Å². The molecule has 7 heteroatoms. The Morgan fingerprint density at radius 1 is 1.03 bits per heavy atom. The third kappa shape index (κ3) is 5.54. The van der Waals surface area contributed by atoms with Crippen molar-refractivity contribution in [3.63, 3.8) is 0 Å². The lowest BCUT2D eigenvalue weighted by atomic mass is 10.1. The van der Waals surface area contributed by atoms with E-state index in [1.54, 1.807) is 0 Å². The van der Waals surface area contributed by atoms with E-state index < -0.39 is 0 Å². The molecule has 0 unspecified atom stereocenters. The molecule has 3 aromatic carbocycles. The Hall–Kier alpha value is -3.32. The number of fused-ring (bicyclic) bond motifs is 1. The smallest absolute Gasteiger partial charge is 0.234 e. The highest BCUT2D eigenvalue weighted by Gasteiger charge is 2.19. The Labute approximate surface area is 198 Å². The van der Waals surface area contributed by atoms with Crippen molar-refractivity contribution in [2.24, 2.45) is 0 Å². The molecule has 4 aromatic rings. The van der Waals surface area contributed by atoms with E-state index in [9.17, 15) is 4.79 Å². The van der Waals surface area contributed by atoms with Gasteiger partial charge in [0.15, 0.2) is 17.1 Å². The van der Waals surface area contributed by atoms with Crippen LogP contribution in [0.3, 0.4) is 0 Å². The Balaban J connectivity index is 1.38. The van der Waals surface area contributed by atoms with Crippen LogP contribution < -0.4 is 10.1 Å². The molecule has 0 aliphatic rings. The second-order valence-corrected chi connectivity index (χ2v) is 8.68. The van der Waals surface area contributed by atoms with Crippen LogP contribution in [0.25, 0.3) is 10.8 Å². The number of carbonyl (C=O) groups is 1. The molecular formula is C26H28N4O2S. The summed E-state index contributed by atoms with van der Waals surface area (Å²) in [5.74, 6) is 1.71. The number of ether oxygens (including phenoxy) is 1. The van der Waals surface area contributed by atoms with Gasteiger partial charge in [-0.3, -0.25) is 4.79 Å². The molecule has 170 valence electrons. The summed E-state index contributed by atoms with van der Waals surface area (Å²) in [4.78, 5) is 12.5. The zero-order valence-corrected chi connectivity index (χ0v) is 19.9. The number of hydrogen-bond donors (Lipinski definition) is 1. The van der Waals surface area contributed by atoms with Gasteiger partial charge in [0.25, 0.3) is 0 Å². The van der Waals surface area contributed by atoms with Gasteiger partial charge in [-0.05, 0) is 60.9 Å². The number of anilines is 1. The molecule has 33 heavy (non-hydrogen) atoms. The normalized spacial score (nSPS) is 12.0. The Kier molecular flexibility index (Phi) is 7.29. The topological polar surface area (TPSA) is 69.0 Å². The zero-order chi connectivity index (χ0) is 23.2. The fraction of sp³-hybridized carbons (Fsp3) is 0.269. The Morgan fingerprint density at radius 3 is 2.52 bits per heavy atom. The molecule has 0 saturated heterocycles. The van der Waals surface area contributed by atoms with E-state index in [2.05, 4.69) is 40.6 Å². The average Bonchev–Trinajstić information content (AvgIpc) is 3.26. The maximum absolute atomic E-state index is 12.5. The molecule has 1 atom stereocenters. The lowest BCUT2D eigenvalue weighted by Crippen LogP contribution is -2.15. The van der Waals surface area contributed by atoms with Gasteiger partial charge in [-0.2, -0.15) is 0 Å². The summed E-state index contributed by atoms with van der Waals surface area (Å²) in [6, 6.07) is 22.1. The highest BCUT2D eigenvalue weighted by atomic mass is 32.2. The van der Waals surface area contributed by atoms with Crippen LogP contribution in [0, 0.1) is 0 Å². The van der Waals surface area contributed by atoms with Gasteiger partial charge in [-0.1, -0.05) is 61.2 Å². The van der Waals surface area contributed by atoms with Crippen molar-refractivity contribution >= 4 is 34.1 Å². The number of nitrogens with one attached hydrogen (secondary N) is 1. The Morgan fingerprint density at radius 2 is 1.79 bits per heavy atom. The van der Waals surface area contributed by atoms with Gasteiger partial charge in [-0.25, -0.2) is 0 Å². The van der Waals surface area contributed by atoms with Crippen molar-refractivity contribution in [2.45, 2.75) is 45.0 Å². The molecule has 4 rings (SSSR count). The van der Waals surface area contributed by atoms with Crippen molar-refractivity contribution in [3.8, 4) is 5.75 Å². The van der Waals surface area contributed by atoms with E-state index in [1.807, 2.05) is 66.9 Å². The predicted octanol–water partition coefficient (Wildman–Crippen LogP) is 5.88. The Bertz CT molecular complexity index is 1240. The third-order valence-corrected chi connectivity index (χ3v) is 6.40. The minimum atomic E-state index is -0.259. The number of nitrogens with zero attached hydrogens (tertiary/aromatic N) is 3. The summed E-state index contributed by atoms with van der Waals surface area (Å²) in [6.07, 6.45) is 0.736. The van der Waals surface area contributed by atoms with Crippen LogP contribution in [0.1, 0.15) is 38.3 Å². The van der Waals surface area contributed by atoms with Crippen molar-refractivity contribution in [3.05, 3.63) is 78.1 Å². The molecule has 0 radical (unpaired) electrons. The van der Waals surface area contributed by atoms with Crippen LogP contribution in [0.5, 0.6) is 5.75 Å². The molecule has 0 bridgehead atoms. The van der Waals surface area contributed by atoms with Gasteiger partial charge in [-0.15, -0.1) is 10.2 Å². The number of rotatable bonds is 9. The highest BCUT2D eigenvalue weighted by molar-refractivity contribution is 7.99. The number of aromatic nitrogens is 3. The van der Waals surface area contributed by atoms with Crippen LogP contribution in [0.15, 0.2) is 71.9 Å². The van der Waals surface area contributed by atoms with Gasteiger partial charge in [0.2, 0.25) is 5.91 Å². The lowest BCUT2D eigenvalue weighted by Gasteiger charge is -2.16. The molecule has 0 saturated carbocycles. The van der Waals surface area contributed by atoms with Crippen LogP contribution in [0.4, 0.5) is 5.69 Å². The molecule has 1 aromatic heterocycles. The van der Waals surface area contributed by atoms with Crippen LogP contribution in [0.2, 0.25) is 0 Å². The molecule has 0 spiro atoms. The molecule has 0 aliphatic heterocycles. The first-order valence-electron chi connectivity index (χ1n) is 11.2. The average molecular weight is 461 g/mol. The first kappa shape index (κ1) is 22.9.